The summed E-state index contributed by atoms with van der Waals surface area (Å²) in [5.74, 6) is -3.10. The number of likely N-dealkylation sites (tertiary alicyclic amines) is 1. The summed E-state index contributed by atoms with van der Waals surface area (Å²) in [5, 5.41) is 6.56. The maximum absolute atomic E-state index is 16.0. The number of carbonyl (C=O) groups is 4. The number of rotatable bonds is 11. The summed E-state index contributed by atoms with van der Waals surface area (Å²) >= 11 is 0. The van der Waals surface area contributed by atoms with E-state index in [1.807, 2.05) is 18.2 Å². The van der Waals surface area contributed by atoms with Gasteiger partial charge in [0, 0.05) is 123 Å². The van der Waals surface area contributed by atoms with E-state index in [1.54, 1.807) is 23.4 Å². The Morgan fingerprint density at radius 3 is 2.40 bits per heavy atom. The molecule has 1 spiro atoms. The Labute approximate surface area is 403 Å². The Kier molecular flexibility index (Phi) is 12.0. The van der Waals surface area contributed by atoms with Crippen molar-refractivity contribution in [2.45, 2.75) is 57.2 Å². The first-order chi connectivity index (χ1) is 33.8. The Morgan fingerprint density at radius 2 is 1.67 bits per heavy atom. The number of aromatic amines is 1. The number of carbonyl (C=O) groups excluding carboxylic acids is 4. The number of thiol groups is 1. The molecule has 1 unspecified atom stereocenters. The van der Waals surface area contributed by atoms with E-state index >= 15 is 8.78 Å². The first kappa shape index (κ1) is 45.8. The monoisotopic (exact) mass is 979 g/mol. The van der Waals surface area contributed by atoms with Crippen LogP contribution in [0.3, 0.4) is 0 Å². The number of imide groups is 1. The lowest BCUT2D eigenvalue weighted by molar-refractivity contribution is -0.134. The number of aromatic nitrogens is 3. The molecule has 17 nitrogen and oxygen atoms in total. The van der Waals surface area contributed by atoms with Crippen LogP contribution in [-0.4, -0.2) is 135 Å². The SMILES string of the molecule is O=C1CCC(NC(=O)N2CCCc3c(N4CC5(CN(CC6CCN(c7ccc(-c8cnc9[nH]cc(C(=O)c%10c(F)ccc(N(N%11CC[C@@H](F)C%11)[SH](=O)=O)c%10F)c9c8)cc7)CC6)C5)C4)ccnc32)C(=O)N1. The Hall–Kier alpha value is -6.58. The van der Waals surface area contributed by atoms with Crippen LogP contribution < -0.4 is 29.7 Å². The predicted octanol–water partition coefficient (Wildman–Crippen LogP) is 4.73. The molecule has 70 heavy (non-hydrogen) atoms. The molecule has 4 amide bonds. The van der Waals surface area contributed by atoms with Gasteiger partial charge in [-0.3, -0.25) is 24.6 Å². The smallest absolute Gasteiger partial charge is 0.323 e. The summed E-state index contributed by atoms with van der Waals surface area (Å²) in [6, 6.07) is 12.5. The number of benzene rings is 2. The van der Waals surface area contributed by atoms with Crippen LogP contribution >= 0.6 is 0 Å². The topological polar surface area (TPSA) is 187 Å². The second kappa shape index (κ2) is 18.3. The van der Waals surface area contributed by atoms with Gasteiger partial charge in [0.2, 0.25) is 28.5 Å². The van der Waals surface area contributed by atoms with E-state index in [-0.39, 0.29) is 55.3 Å². The van der Waals surface area contributed by atoms with Crippen molar-refractivity contribution in [2.24, 2.45) is 11.3 Å². The van der Waals surface area contributed by atoms with Crippen LogP contribution in [-0.2, 0) is 26.9 Å². The van der Waals surface area contributed by atoms with Crippen LogP contribution in [0, 0.1) is 23.0 Å². The number of nitrogens with one attached hydrogen (secondary N) is 3. The molecule has 0 saturated carbocycles. The highest BCUT2D eigenvalue weighted by Gasteiger charge is 2.52. The summed E-state index contributed by atoms with van der Waals surface area (Å²) in [5.41, 5.74) is 3.85. The molecule has 6 aliphatic rings. The molecule has 5 saturated heterocycles. The van der Waals surface area contributed by atoms with Crippen molar-refractivity contribution in [3.8, 4) is 11.1 Å². The Balaban J connectivity index is 0.678. The number of hydrogen-bond acceptors (Lipinski definition) is 12. The summed E-state index contributed by atoms with van der Waals surface area (Å²) in [7, 11) is -3.48. The standard InChI is InChI=1S/C49H52F3N11O6S/c50-32-14-19-61(24-32)63(70(68)69)40-9-7-37(51)42(43(40)52)44(65)36-22-55-45-35(36)20-31(21-54-45)30-3-5-33(6-4-30)59-17-12-29(13-18-59)23-58-25-49(26-58)27-60(28-49)39-11-15-53-46-34(39)2-1-16-62(46)48(67)56-38-8-10-41(64)57-47(38)66/h3-7,9,11,15,20-22,29,32,38,70H,1-2,8,10,12-14,16-19,23-28H2,(H,54,55)(H,56,67)(H,57,64,66)/t32-,38?/m1/s1. The molecule has 2 atom stereocenters. The van der Waals surface area contributed by atoms with Gasteiger partial charge >= 0.3 is 6.03 Å². The molecule has 11 rings (SSSR count). The third-order valence-corrected chi connectivity index (χ3v) is 15.7. The van der Waals surface area contributed by atoms with Gasteiger partial charge in [-0.25, -0.2) is 41.4 Å². The number of urea groups is 1. The van der Waals surface area contributed by atoms with E-state index in [2.05, 4.69) is 52.4 Å². The molecule has 3 aromatic heterocycles. The molecule has 9 heterocycles. The maximum Gasteiger partial charge on any atom is 0.323 e. The minimum absolute atomic E-state index is 0.00592. The summed E-state index contributed by atoms with van der Waals surface area (Å²) in [6.45, 7) is 7.19. The molecule has 0 bridgehead atoms. The number of hydrogen-bond donors (Lipinski definition) is 4. The molecule has 5 aromatic rings. The van der Waals surface area contributed by atoms with Gasteiger partial charge in [-0.15, -0.1) is 0 Å². The van der Waals surface area contributed by atoms with Gasteiger partial charge in [0.25, 0.3) is 0 Å². The van der Waals surface area contributed by atoms with Crippen molar-refractivity contribution in [1.29, 1.82) is 0 Å². The third kappa shape index (κ3) is 8.50. The molecular formula is C49H52F3N11O6S. The number of halogens is 3. The van der Waals surface area contributed by atoms with Crippen LogP contribution in [0.5, 0.6) is 0 Å². The summed E-state index contributed by atoms with van der Waals surface area (Å²) in [4.78, 5) is 72.1. The first-order valence-corrected chi connectivity index (χ1v) is 25.0. The van der Waals surface area contributed by atoms with Crippen molar-refractivity contribution in [2.75, 3.05) is 84.6 Å². The number of H-pyrrole nitrogens is 1. The number of ketones is 1. The fourth-order valence-corrected chi connectivity index (χ4v) is 12.1. The van der Waals surface area contributed by atoms with E-state index in [0.29, 0.717) is 39.3 Å². The van der Waals surface area contributed by atoms with Gasteiger partial charge in [0.05, 0.1) is 12.1 Å². The van der Waals surface area contributed by atoms with Crippen molar-refractivity contribution < 1.29 is 40.8 Å². The highest BCUT2D eigenvalue weighted by Crippen LogP contribution is 2.45. The number of hydrazine groups is 1. The lowest BCUT2D eigenvalue weighted by atomic mass is 9.72. The van der Waals surface area contributed by atoms with Crippen molar-refractivity contribution in [1.82, 2.24) is 35.5 Å². The average molecular weight is 980 g/mol. The highest BCUT2D eigenvalue weighted by molar-refractivity contribution is 7.73. The van der Waals surface area contributed by atoms with Gasteiger partial charge in [0.1, 0.15) is 35.2 Å². The summed E-state index contributed by atoms with van der Waals surface area (Å²) < 4.78 is 70.3. The Morgan fingerprint density at radius 1 is 0.886 bits per heavy atom. The minimum atomic E-state index is -3.48. The fraction of sp³-hybridized carbons (Fsp3) is 0.429. The quantitative estimate of drug-likeness (QED) is 0.0812. The number of piperidine rings is 2. The van der Waals surface area contributed by atoms with E-state index < -0.39 is 57.7 Å². The van der Waals surface area contributed by atoms with E-state index in [4.69, 9.17) is 0 Å². The van der Waals surface area contributed by atoms with Gasteiger partial charge in [-0.1, -0.05) is 12.1 Å². The number of alkyl halides is 1. The van der Waals surface area contributed by atoms with E-state index in [1.165, 1.54) is 6.20 Å². The second-order valence-corrected chi connectivity index (χ2v) is 20.4. The molecule has 6 aliphatic heterocycles. The minimum Gasteiger partial charge on any atom is -0.372 e. The van der Waals surface area contributed by atoms with Gasteiger partial charge < -0.3 is 25.0 Å². The third-order valence-electron chi connectivity index (χ3n) is 14.9. The van der Waals surface area contributed by atoms with Crippen LogP contribution in [0.15, 0.2) is 67.1 Å². The zero-order valence-corrected chi connectivity index (χ0v) is 39.1. The van der Waals surface area contributed by atoms with Crippen LogP contribution in [0.25, 0.3) is 22.2 Å². The molecule has 2 aromatic carbocycles. The number of anilines is 4. The molecule has 5 fully saturated rings. The second-order valence-electron chi connectivity index (χ2n) is 19.6. The Bertz CT molecular complexity index is 2980. The maximum atomic E-state index is 16.0. The molecule has 0 aliphatic carbocycles. The van der Waals surface area contributed by atoms with Crippen molar-refractivity contribution in [3.05, 3.63) is 95.4 Å². The molecule has 366 valence electrons. The van der Waals surface area contributed by atoms with E-state index in [9.17, 15) is 32.0 Å². The van der Waals surface area contributed by atoms with Crippen LogP contribution in [0.2, 0.25) is 0 Å². The zero-order valence-electron chi connectivity index (χ0n) is 38.2. The molecule has 0 radical (unpaired) electrons. The molecule has 3 N–H and O–H groups in total. The zero-order chi connectivity index (χ0) is 48.4. The molecule has 21 heteroatoms. The van der Waals surface area contributed by atoms with E-state index in [0.717, 1.165) is 111 Å². The first-order valence-electron chi connectivity index (χ1n) is 23.9. The predicted molar refractivity (Wildman–Crippen MR) is 256 cm³/mol. The van der Waals surface area contributed by atoms with Crippen molar-refractivity contribution >= 4 is 68.4 Å². The highest BCUT2D eigenvalue weighted by atomic mass is 32.2. The number of fused-ring (bicyclic) bond motifs is 2. The van der Waals surface area contributed by atoms with Crippen LogP contribution in [0.1, 0.15) is 60.0 Å². The fourth-order valence-electron chi connectivity index (χ4n) is 11.4. The number of nitrogens with zero attached hydrogens (tertiary/aromatic N) is 8. The average Bonchev–Trinajstić information content (AvgIpc) is 3.96. The van der Waals surface area contributed by atoms with Gasteiger partial charge in [-0.2, -0.15) is 4.41 Å². The largest absolute Gasteiger partial charge is 0.372 e. The normalized spacial score (nSPS) is 21.7. The lowest BCUT2D eigenvalue weighted by Crippen LogP contribution is -2.72. The van der Waals surface area contributed by atoms with Crippen molar-refractivity contribution in [3.63, 3.8) is 0 Å². The number of amides is 4. The molecular weight excluding hydrogens is 928 g/mol. The number of pyridine rings is 2. The van der Waals surface area contributed by atoms with Crippen LogP contribution in [0.4, 0.5) is 40.8 Å². The van der Waals surface area contributed by atoms with Gasteiger partial charge in [-0.05, 0) is 86.4 Å². The van der Waals surface area contributed by atoms with Gasteiger partial charge in [0.15, 0.2) is 5.82 Å². The summed E-state index contributed by atoms with van der Waals surface area (Å²) in [6.07, 6.45) is 7.71. The lowest BCUT2D eigenvalue weighted by Gasteiger charge is -2.62.